The van der Waals surface area contributed by atoms with Gasteiger partial charge in [0.2, 0.25) is 11.8 Å². The molecule has 0 bridgehead atoms. The van der Waals surface area contributed by atoms with Gasteiger partial charge in [0.25, 0.3) is 0 Å². The number of fused-ring (bicyclic) bond motifs is 1. The Bertz CT molecular complexity index is 1070. The molecule has 6 nitrogen and oxygen atoms in total. The average molecular weight is 371 g/mol. The highest BCUT2D eigenvalue weighted by Crippen LogP contribution is 2.30. The van der Waals surface area contributed by atoms with E-state index in [9.17, 15) is 0 Å². The van der Waals surface area contributed by atoms with Gasteiger partial charge in [-0.05, 0) is 55.8 Å². The molecule has 3 aromatic heterocycles. The van der Waals surface area contributed by atoms with E-state index in [2.05, 4.69) is 49.3 Å². The first-order valence-electron chi connectivity index (χ1n) is 9.65. The lowest BCUT2D eigenvalue weighted by molar-refractivity contribution is 0.194. The lowest BCUT2D eigenvalue weighted by atomic mass is 9.96. The summed E-state index contributed by atoms with van der Waals surface area (Å²) in [4.78, 5) is 11.1. The molecule has 28 heavy (non-hydrogen) atoms. The van der Waals surface area contributed by atoms with Gasteiger partial charge in [0.1, 0.15) is 0 Å². The van der Waals surface area contributed by atoms with E-state index < -0.39 is 0 Å². The largest absolute Gasteiger partial charge is 0.420 e. The van der Waals surface area contributed by atoms with Crippen molar-refractivity contribution in [2.24, 2.45) is 0 Å². The summed E-state index contributed by atoms with van der Waals surface area (Å²) in [7, 11) is 0. The van der Waals surface area contributed by atoms with Crippen LogP contribution in [0, 0.1) is 0 Å². The van der Waals surface area contributed by atoms with E-state index in [0.717, 1.165) is 49.4 Å². The van der Waals surface area contributed by atoms with Gasteiger partial charge in [-0.1, -0.05) is 18.2 Å². The highest BCUT2D eigenvalue weighted by molar-refractivity contribution is 5.81. The van der Waals surface area contributed by atoms with Crippen molar-refractivity contribution >= 4 is 10.9 Å². The highest BCUT2D eigenvalue weighted by atomic mass is 16.4. The Hall–Kier alpha value is -3.12. The molecule has 0 spiro atoms. The third-order valence-electron chi connectivity index (χ3n) is 5.42. The molecule has 140 valence electrons. The minimum atomic E-state index is 0.323. The summed E-state index contributed by atoms with van der Waals surface area (Å²) >= 11 is 0. The van der Waals surface area contributed by atoms with Gasteiger partial charge in [0.15, 0.2) is 0 Å². The van der Waals surface area contributed by atoms with E-state index in [4.69, 9.17) is 4.42 Å². The number of rotatable bonds is 4. The fourth-order valence-electron chi connectivity index (χ4n) is 3.88. The van der Waals surface area contributed by atoms with Gasteiger partial charge in [0.05, 0.1) is 11.1 Å². The van der Waals surface area contributed by atoms with Crippen molar-refractivity contribution in [1.82, 2.24) is 25.1 Å². The van der Waals surface area contributed by atoms with Crippen LogP contribution in [0.5, 0.6) is 0 Å². The molecule has 0 amide bonds. The molecule has 0 aliphatic carbocycles. The Balaban J connectivity index is 1.25. The van der Waals surface area contributed by atoms with E-state index in [1.807, 2.05) is 24.4 Å². The highest BCUT2D eigenvalue weighted by Gasteiger charge is 2.25. The molecule has 0 atom stereocenters. The van der Waals surface area contributed by atoms with Crippen LogP contribution in [0.2, 0.25) is 0 Å². The van der Waals surface area contributed by atoms with Crippen LogP contribution in [-0.4, -0.2) is 38.2 Å². The summed E-state index contributed by atoms with van der Waals surface area (Å²) in [6.45, 7) is 2.98. The SMILES string of the molecule is c1cncc(-c2nnc(C3CCN(Cc4ccnc5ccccc45)CC3)o2)c1. The fraction of sp³-hybridized carbons (Fsp3) is 0.273. The second-order valence-corrected chi connectivity index (χ2v) is 7.22. The molecule has 1 aliphatic heterocycles. The summed E-state index contributed by atoms with van der Waals surface area (Å²) in [5.41, 5.74) is 3.26. The standard InChI is InChI=1S/C22H21N5O/c1-2-6-20-19(5-1)18(7-11-24-20)15-27-12-8-16(9-13-27)21-25-26-22(28-21)17-4-3-10-23-14-17/h1-7,10-11,14,16H,8-9,12-13,15H2. The van der Waals surface area contributed by atoms with Crippen LogP contribution in [0.1, 0.15) is 30.2 Å². The average Bonchev–Trinajstić information content (AvgIpc) is 3.26. The third kappa shape index (κ3) is 3.39. The predicted molar refractivity (Wildman–Crippen MR) is 107 cm³/mol. The second-order valence-electron chi connectivity index (χ2n) is 7.22. The van der Waals surface area contributed by atoms with Crippen molar-refractivity contribution in [2.45, 2.75) is 25.3 Å². The number of hydrogen-bond donors (Lipinski definition) is 0. The molecule has 1 aliphatic rings. The number of aromatic nitrogens is 4. The van der Waals surface area contributed by atoms with Crippen LogP contribution in [0.4, 0.5) is 0 Å². The van der Waals surface area contributed by atoms with Crippen molar-refractivity contribution < 1.29 is 4.42 Å². The Labute approximate surface area is 163 Å². The molecule has 4 aromatic rings. The first-order chi connectivity index (χ1) is 13.9. The summed E-state index contributed by atoms with van der Waals surface area (Å²) < 4.78 is 5.93. The first kappa shape index (κ1) is 17.0. The number of likely N-dealkylation sites (tertiary alicyclic amines) is 1. The molecule has 1 aromatic carbocycles. The maximum Gasteiger partial charge on any atom is 0.249 e. The van der Waals surface area contributed by atoms with Crippen LogP contribution in [0.3, 0.4) is 0 Å². The number of nitrogens with zero attached hydrogens (tertiary/aromatic N) is 5. The van der Waals surface area contributed by atoms with Crippen LogP contribution >= 0.6 is 0 Å². The second kappa shape index (κ2) is 7.48. The van der Waals surface area contributed by atoms with Crippen molar-refractivity contribution in [3.05, 3.63) is 72.5 Å². The van der Waals surface area contributed by atoms with Gasteiger partial charge >= 0.3 is 0 Å². The van der Waals surface area contributed by atoms with Crippen molar-refractivity contribution in [1.29, 1.82) is 0 Å². The van der Waals surface area contributed by atoms with Crippen molar-refractivity contribution in [2.75, 3.05) is 13.1 Å². The minimum absolute atomic E-state index is 0.323. The number of hydrogen-bond acceptors (Lipinski definition) is 6. The maximum absolute atomic E-state index is 5.93. The fourth-order valence-corrected chi connectivity index (χ4v) is 3.88. The molecule has 5 rings (SSSR count). The van der Waals surface area contributed by atoms with Gasteiger partial charge in [-0.3, -0.25) is 14.9 Å². The maximum atomic E-state index is 5.93. The molecule has 0 N–H and O–H groups in total. The van der Waals surface area contributed by atoms with Crippen LogP contribution in [0.25, 0.3) is 22.4 Å². The third-order valence-corrected chi connectivity index (χ3v) is 5.42. The van der Waals surface area contributed by atoms with Crippen LogP contribution in [-0.2, 0) is 6.54 Å². The van der Waals surface area contributed by atoms with Crippen molar-refractivity contribution in [3.63, 3.8) is 0 Å². The molecule has 0 radical (unpaired) electrons. The van der Waals surface area contributed by atoms with E-state index in [1.54, 1.807) is 12.4 Å². The van der Waals surface area contributed by atoms with Crippen LogP contribution < -0.4 is 0 Å². The predicted octanol–water partition coefficient (Wildman–Crippen LogP) is 4.06. The summed E-state index contributed by atoms with van der Waals surface area (Å²) in [6.07, 6.45) is 7.44. The molecule has 6 heteroatoms. The molecule has 0 unspecified atom stereocenters. The first-order valence-corrected chi connectivity index (χ1v) is 9.65. The molecule has 1 fully saturated rings. The minimum Gasteiger partial charge on any atom is -0.420 e. The van der Waals surface area contributed by atoms with Crippen LogP contribution in [0.15, 0.2) is 65.5 Å². The zero-order chi connectivity index (χ0) is 18.8. The zero-order valence-corrected chi connectivity index (χ0v) is 15.5. The van der Waals surface area contributed by atoms with E-state index in [-0.39, 0.29) is 0 Å². The van der Waals surface area contributed by atoms with Gasteiger partial charge in [0, 0.05) is 36.4 Å². The quantitative estimate of drug-likeness (QED) is 0.539. The molecular weight excluding hydrogens is 350 g/mol. The monoisotopic (exact) mass is 371 g/mol. The summed E-state index contributed by atoms with van der Waals surface area (Å²) in [5, 5.41) is 9.74. The number of para-hydroxylation sites is 1. The van der Waals surface area contributed by atoms with Gasteiger partial charge in [-0.25, -0.2) is 0 Å². The normalized spacial score (nSPS) is 15.9. The lowest BCUT2D eigenvalue weighted by Crippen LogP contribution is -2.32. The van der Waals surface area contributed by atoms with Crippen molar-refractivity contribution in [3.8, 4) is 11.5 Å². The number of benzene rings is 1. The molecular formula is C22H21N5O. The molecule has 4 heterocycles. The topological polar surface area (TPSA) is 67.9 Å². The van der Waals surface area contributed by atoms with E-state index >= 15 is 0 Å². The van der Waals surface area contributed by atoms with E-state index in [0.29, 0.717) is 11.8 Å². The van der Waals surface area contributed by atoms with Gasteiger partial charge in [-0.15, -0.1) is 10.2 Å². The Morgan fingerprint density at radius 2 is 1.86 bits per heavy atom. The van der Waals surface area contributed by atoms with Gasteiger partial charge < -0.3 is 4.42 Å². The molecule has 1 saturated heterocycles. The smallest absolute Gasteiger partial charge is 0.249 e. The van der Waals surface area contributed by atoms with E-state index in [1.165, 1.54) is 10.9 Å². The summed E-state index contributed by atoms with van der Waals surface area (Å²) in [5.74, 6) is 1.62. The lowest BCUT2D eigenvalue weighted by Gasteiger charge is -2.30. The Morgan fingerprint density at radius 1 is 0.964 bits per heavy atom. The number of piperidine rings is 1. The Morgan fingerprint density at radius 3 is 2.71 bits per heavy atom. The zero-order valence-electron chi connectivity index (χ0n) is 15.5. The summed E-state index contributed by atoms with van der Waals surface area (Å²) in [6, 6.07) is 14.3. The number of pyridine rings is 2. The van der Waals surface area contributed by atoms with Gasteiger partial charge in [-0.2, -0.15) is 0 Å². The Kier molecular flexibility index (Phi) is 4.54. The molecule has 0 saturated carbocycles.